The van der Waals surface area contributed by atoms with E-state index < -0.39 is 0 Å². The number of aromatic nitrogens is 3. The van der Waals surface area contributed by atoms with Crippen molar-refractivity contribution < 1.29 is 0 Å². The minimum Gasteiger partial charge on any atom is -0.308 e. The summed E-state index contributed by atoms with van der Waals surface area (Å²) in [5.41, 5.74) is 0. The van der Waals surface area contributed by atoms with Gasteiger partial charge in [-0.25, -0.2) is 0 Å². The van der Waals surface area contributed by atoms with E-state index in [1.54, 1.807) is 0 Å². The Balaban J connectivity index is 2.39. The Morgan fingerprint density at radius 3 is 3.33 bits per heavy atom. The largest absolute Gasteiger partial charge is 0.308 e. The third kappa shape index (κ3) is 0.724. The lowest BCUT2D eigenvalue weighted by atomic mass is 10.2. The van der Waals surface area contributed by atoms with Gasteiger partial charge >= 0.3 is 0 Å². The fourth-order valence-corrected chi connectivity index (χ4v) is 1.16. The molecular weight excluding hydrogens is 114 g/mol. The van der Waals surface area contributed by atoms with Crippen LogP contribution in [-0.2, 0) is 13.0 Å². The molecule has 3 heteroatoms. The van der Waals surface area contributed by atoms with Crippen LogP contribution in [0.3, 0.4) is 0 Å². The predicted molar refractivity (Wildman–Crippen MR) is 31.8 cm³/mol. The van der Waals surface area contributed by atoms with Gasteiger partial charge in [0.15, 0.2) is 0 Å². The molecule has 0 bridgehead atoms. The SMILES string of the molecule is [c]1nnc2n1CCCC2. The van der Waals surface area contributed by atoms with Crippen molar-refractivity contribution in [3.05, 3.63) is 12.2 Å². The van der Waals surface area contributed by atoms with E-state index in [-0.39, 0.29) is 0 Å². The number of rotatable bonds is 0. The Labute approximate surface area is 53.7 Å². The normalized spacial score (nSPS) is 17.3. The Hall–Kier alpha value is -0.860. The van der Waals surface area contributed by atoms with Gasteiger partial charge in [0.2, 0.25) is 6.33 Å². The van der Waals surface area contributed by atoms with Gasteiger partial charge in [0, 0.05) is 13.0 Å². The van der Waals surface area contributed by atoms with Crippen molar-refractivity contribution in [2.75, 3.05) is 0 Å². The van der Waals surface area contributed by atoms with Gasteiger partial charge in [-0.05, 0) is 12.8 Å². The standard InChI is InChI=1S/C6H8N3/c1-2-4-9-5-7-8-6(9)3-1/h1-4H2. The van der Waals surface area contributed by atoms with E-state index >= 15 is 0 Å². The van der Waals surface area contributed by atoms with Gasteiger partial charge in [0.05, 0.1) is 0 Å². The predicted octanol–water partition coefficient (Wildman–Crippen LogP) is 0.415. The summed E-state index contributed by atoms with van der Waals surface area (Å²) in [7, 11) is 0. The van der Waals surface area contributed by atoms with E-state index in [1.807, 2.05) is 4.57 Å². The summed E-state index contributed by atoms with van der Waals surface area (Å²) in [4.78, 5) is 0. The second-order valence-corrected chi connectivity index (χ2v) is 2.32. The summed E-state index contributed by atoms with van der Waals surface area (Å²) in [6.45, 7) is 1.06. The molecular formula is C6H8N3. The molecule has 0 spiro atoms. The highest BCUT2D eigenvalue weighted by Crippen LogP contribution is 2.09. The van der Waals surface area contributed by atoms with E-state index in [1.165, 1.54) is 12.8 Å². The fourth-order valence-electron chi connectivity index (χ4n) is 1.16. The van der Waals surface area contributed by atoms with Gasteiger partial charge < -0.3 is 4.57 Å². The minimum atomic E-state index is 1.06. The zero-order chi connectivity index (χ0) is 6.10. The lowest BCUT2D eigenvalue weighted by molar-refractivity contribution is 0.520. The van der Waals surface area contributed by atoms with Crippen LogP contribution < -0.4 is 0 Å². The van der Waals surface area contributed by atoms with Crippen LogP contribution in [0, 0.1) is 6.33 Å². The second-order valence-electron chi connectivity index (χ2n) is 2.32. The molecule has 2 heterocycles. The molecule has 0 amide bonds. The van der Waals surface area contributed by atoms with Crippen LogP contribution in [0.15, 0.2) is 0 Å². The van der Waals surface area contributed by atoms with Crippen LogP contribution in [0.2, 0.25) is 0 Å². The Bertz CT molecular complexity index is 183. The Kier molecular flexibility index (Phi) is 1.01. The molecule has 1 aliphatic rings. The highest BCUT2D eigenvalue weighted by molar-refractivity contribution is 4.87. The van der Waals surface area contributed by atoms with Gasteiger partial charge in [0.1, 0.15) is 5.82 Å². The number of hydrogen-bond acceptors (Lipinski definition) is 2. The third-order valence-electron chi connectivity index (χ3n) is 1.67. The highest BCUT2D eigenvalue weighted by atomic mass is 15.3. The Morgan fingerprint density at radius 1 is 1.44 bits per heavy atom. The number of nitrogens with zero attached hydrogens (tertiary/aromatic N) is 3. The van der Waals surface area contributed by atoms with Crippen LogP contribution in [0.1, 0.15) is 18.7 Å². The molecule has 0 fully saturated rings. The summed E-state index contributed by atoms with van der Waals surface area (Å²) in [5, 5.41) is 7.61. The van der Waals surface area contributed by atoms with Crippen molar-refractivity contribution >= 4 is 0 Å². The molecule has 9 heavy (non-hydrogen) atoms. The van der Waals surface area contributed by atoms with Crippen molar-refractivity contribution in [1.82, 2.24) is 14.8 Å². The maximum atomic E-state index is 3.91. The lowest BCUT2D eigenvalue weighted by Gasteiger charge is -2.09. The van der Waals surface area contributed by atoms with E-state index in [9.17, 15) is 0 Å². The Morgan fingerprint density at radius 2 is 2.44 bits per heavy atom. The van der Waals surface area contributed by atoms with Crippen LogP contribution in [0.4, 0.5) is 0 Å². The molecule has 2 rings (SSSR count). The molecule has 47 valence electrons. The lowest BCUT2D eigenvalue weighted by Crippen LogP contribution is -2.09. The molecule has 0 aromatic carbocycles. The number of aryl methyl sites for hydroxylation is 2. The van der Waals surface area contributed by atoms with Crippen molar-refractivity contribution in [2.45, 2.75) is 25.8 Å². The summed E-state index contributed by atoms with van der Waals surface area (Å²) < 4.78 is 2.00. The summed E-state index contributed by atoms with van der Waals surface area (Å²) >= 11 is 0. The molecule has 1 aromatic heterocycles. The van der Waals surface area contributed by atoms with E-state index in [2.05, 4.69) is 16.5 Å². The number of fused-ring (bicyclic) bond motifs is 1. The van der Waals surface area contributed by atoms with Crippen LogP contribution in [-0.4, -0.2) is 14.8 Å². The molecule has 1 radical (unpaired) electrons. The van der Waals surface area contributed by atoms with E-state index in [4.69, 9.17) is 0 Å². The maximum absolute atomic E-state index is 3.91. The molecule has 0 unspecified atom stereocenters. The van der Waals surface area contributed by atoms with Gasteiger partial charge in [-0.2, -0.15) is 0 Å². The summed E-state index contributed by atoms with van der Waals surface area (Å²) in [6, 6.07) is 0. The van der Waals surface area contributed by atoms with Crippen molar-refractivity contribution in [3.8, 4) is 0 Å². The average molecular weight is 122 g/mol. The average Bonchev–Trinajstić information content (AvgIpc) is 2.33. The molecule has 0 saturated heterocycles. The van der Waals surface area contributed by atoms with Crippen LogP contribution in [0.5, 0.6) is 0 Å². The number of hydrogen-bond donors (Lipinski definition) is 0. The smallest absolute Gasteiger partial charge is 0.202 e. The highest BCUT2D eigenvalue weighted by Gasteiger charge is 2.08. The van der Waals surface area contributed by atoms with E-state index in [0.29, 0.717) is 0 Å². The van der Waals surface area contributed by atoms with Gasteiger partial charge in [-0.3, -0.25) is 0 Å². The first kappa shape index (κ1) is 4.97. The maximum Gasteiger partial charge on any atom is 0.202 e. The first-order chi connectivity index (χ1) is 4.47. The topological polar surface area (TPSA) is 30.7 Å². The van der Waals surface area contributed by atoms with Gasteiger partial charge in [-0.15, -0.1) is 10.2 Å². The van der Waals surface area contributed by atoms with Crippen molar-refractivity contribution in [2.24, 2.45) is 0 Å². The molecule has 3 nitrogen and oxygen atoms in total. The summed E-state index contributed by atoms with van der Waals surface area (Å²) in [6.07, 6.45) is 6.40. The zero-order valence-electron chi connectivity index (χ0n) is 5.17. The third-order valence-corrected chi connectivity index (χ3v) is 1.67. The van der Waals surface area contributed by atoms with Crippen molar-refractivity contribution in [3.63, 3.8) is 0 Å². The molecule has 0 atom stereocenters. The van der Waals surface area contributed by atoms with Crippen molar-refractivity contribution in [1.29, 1.82) is 0 Å². The fraction of sp³-hybridized carbons (Fsp3) is 0.667. The minimum absolute atomic E-state index is 1.06. The first-order valence-electron chi connectivity index (χ1n) is 3.26. The van der Waals surface area contributed by atoms with Gasteiger partial charge in [-0.1, -0.05) is 0 Å². The van der Waals surface area contributed by atoms with E-state index in [0.717, 1.165) is 18.8 Å². The molecule has 1 aromatic rings. The molecule has 0 N–H and O–H groups in total. The zero-order valence-corrected chi connectivity index (χ0v) is 5.17. The van der Waals surface area contributed by atoms with Crippen LogP contribution in [0.25, 0.3) is 0 Å². The molecule has 0 aliphatic carbocycles. The molecule has 1 aliphatic heterocycles. The quantitative estimate of drug-likeness (QED) is 0.499. The van der Waals surface area contributed by atoms with Gasteiger partial charge in [0.25, 0.3) is 0 Å². The monoisotopic (exact) mass is 122 g/mol. The first-order valence-corrected chi connectivity index (χ1v) is 3.26. The summed E-state index contributed by atoms with van der Waals surface area (Å²) in [5.74, 6) is 1.10. The van der Waals surface area contributed by atoms with Crippen LogP contribution >= 0.6 is 0 Å². The molecule has 0 saturated carbocycles. The second kappa shape index (κ2) is 1.83.